The lowest BCUT2D eigenvalue weighted by Gasteiger charge is -2.27. The van der Waals surface area contributed by atoms with E-state index >= 15 is 0 Å². The van der Waals surface area contributed by atoms with Crippen molar-refractivity contribution < 1.29 is 9.90 Å². The van der Waals surface area contributed by atoms with Crippen LogP contribution in [-0.4, -0.2) is 26.8 Å². The summed E-state index contributed by atoms with van der Waals surface area (Å²) < 4.78 is 2.83. The lowest BCUT2D eigenvalue weighted by Crippen LogP contribution is -2.45. The Hall–Kier alpha value is -1.67. The lowest BCUT2D eigenvalue weighted by molar-refractivity contribution is -0.138. The second kappa shape index (κ2) is 5.76. The first kappa shape index (κ1) is 14.7. The molecule has 0 bridgehead atoms. The molecule has 1 aromatic heterocycles. The largest absolute Gasteiger partial charge is 0.480 e. The summed E-state index contributed by atoms with van der Waals surface area (Å²) in [7, 11) is 0. The van der Waals surface area contributed by atoms with Crippen LogP contribution in [0.3, 0.4) is 0 Å². The minimum atomic E-state index is -1.05. The average Bonchev–Trinajstić information content (AvgIpc) is 2.77. The van der Waals surface area contributed by atoms with Crippen LogP contribution in [0.25, 0.3) is 10.2 Å². The first-order valence-corrected chi connectivity index (χ1v) is 7.39. The van der Waals surface area contributed by atoms with Crippen molar-refractivity contribution >= 4 is 44.6 Å². The van der Waals surface area contributed by atoms with Gasteiger partial charge in [-0.2, -0.15) is 0 Å². The number of aromatic nitrogens is 1. The van der Waals surface area contributed by atoms with Crippen LogP contribution in [0.4, 0.5) is 5.13 Å². The molecule has 0 spiro atoms. The summed E-state index contributed by atoms with van der Waals surface area (Å²) in [6, 6.07) is 6.58. The second-order valence-electron chi connectivity index (χ2n) is 4.67. The van der Waals surface area contributed by atoms with Gasteiger partial charge in [0.2, 0.25) is 0 Å². The number of fused-ring (bicyclic) bond motifs is 1. The number of thiazole rings is 1. The van der Waals surface area contributed by atoms with E-state index in [0.29, 0.717) is 17.1 Å². The number of hydrogen-bond donors (Lipinski definition) is 2. The normalized spacial score (nSPS) is 13.1. The third-order valence-corrected chi connectivity index (χ3v) is 4.52. The number of carbonyl (C=O) groups is 1. The maximum atomic E-state index is 11.4. The molecule has 0 saturated heterocycles. The average molecular weight is 311 g/mol. The summed E-state index contributed by atoms with van der Waals surface area (Å²) in [4.78, 5) is 26.2. The van der Waals surface area contributed by atoms with Gasteiger partial charge in [0, 0.05) is 16.5 Å². The summed E-state index contributed by atoms with van der Waals surface area (Å²) in [5, 5.41) is 12.7. The van der Waals surface area contributed by atoms with E-state index in [1.165, 1.54) is 11.3 Å². The molecule has 8 heteroatoms. The van der Waals surface area contributed by atoms with Crippen LogP contribution in [0.15, 0.2) is 28.8 Å². The van der Waals surface area contributed by atoms with E-state index < -0.39 is 16.8 Å². The van der Waals surface area contributed by atoms with E-state index in [0.717, 1.165) is 10.2 Å². The van der Waals surface area contributed by atoms with Crippen LogP contribution >= 0.6 is 23.3 Å². The van der Waals surface area contributed by atoms with Gasteiger partial charge in [-0.05, 0) is 26.0 Å². The lowest BCUT2D eigenvalue weighted by atomic mass is 10.0. The van der Waals surface area contributed by atoms with Gasteiger partial charge >= 0.3 is 5.97 Å². The van der Waals surface area contributed by atoms with E-state index in [2.05, 4.69) is 14.9 Å². The van der Waals surface area contributed by atoms with Crippen LogP contribution in [-0.2, 0) is 4.79 Å². The zero-order chi connectivity index (χ0) is 14.8. The number of carboxylic acids is 1. The molecule has 0 saturated carbocycles. The zero-order valence-electron chi connectivity index (χ0n) is 10.9. The molecule has 0 amide bonds. The van der Waals surface area contributed by atoms with Crippen LogP contribution in [0.1, 0.15) is 13.8 Å². The Morgan fingerprint density at radius 2 is 2.20 bits per heavy atom. The van der Waals surface area contributed by atoms with Gasteiger partial charge < -0.3 is 10.4 Å². The summed E-state index contributed by atoms with van der Waals surface area (Å²) in [5.41, 5.74) is 0.808. The van der Waals surface area contributed by atoms with Crippen LogP contribution < -0.4 is 5.32 Å². The first-order valence-electron chi connectivity index (χ1n) is 5.80. The highest BCUT2D eigenvalue weighted by Gasteiger charge is 2.37. The number of para-hydroxylation sites is 1. The molecule has 2 rings (SSSR count). The number of aliphatic carboxylic acids is 1. The topological polar surface area (TPSA) is 91.7 Å². The van der Waals surface area contributed by atoms with Crippen LogP contribution in [0.5, 0.6) is 0 Å². The van der Waals surface area contributed by atoms with Crippen molar-refractivity contribution in [1.29, 1.82) is 0 Å². The predicted molar refractivity (Wildman–Crippen MR) is 82.1 cm³/mol. The Bertz CT molecular complexity index is 609. The molecule has 1 unspecified atom stereocenters. The maximum Gasteiger partial charge on any atom is 0.327 e. The number of carboxylic acid groups (broad SMARTS) is 1. The van der Waals surface area contributed by atoms with E-state index in [1.54, 1.807) is 13.8 Å². The van der Waals surface area contributed by atoms with Crippen molar-refractivity contribution in [2.75, 3.05) is 5.32 Å². The molecular formula is C12H13N3O3S2. The molecule has 0 aliphatic rings. The van der Waals surface area contributed by atoms with Crippen LogP contribution in [0, 0.1) is 4.91 Å². The summed E-state index contributed by atoms with van der Waals surface area (Å²) in [5.74, 6) is -1.05. The molecule has 6 nitrogen and oxygen atoms in total. The number of nitrogens with one attached hydrogen (secondary N) is 1. The van der Waals surface area contributed by atoms with E-state index in [-0.39, 0.29) is 0 Å². The fourth-order valence-corrected chi connectivity index (χ4v) is 3.09. The van der Waals surface area contributed by atoms with Crippen molar-refractivity contribution in [1.82, 2.24) is 4.98 Å². The van der Waals surface area contributed by atoms with Gasteiger partial charge in [0.05, 0.1) is 15.0 Å². The van der Waals surface area contributed by atoms with Crippen molar-refractivity contribution in [3.05, 3.63) is 29.2 Å². The Labute approximate surface area is 123 Å². The molecule has 1 atom stereocenters. The number of hydrogen-bond acceptors (Lipinski definition) is 7. The molecule has 2 N–H and O–H groups in total. The molecule has 0 aliphatic carbocycles. The number of anilines is 1. The maximum absolute atomic E-state index is 11.4. The zero-order valence-corrected chi connectivity index (χ0v) is 12.5. The standard InChI is InChI=1S/C12H13N3O3S2/c1-12(2,20-15-18)9(10(16)17)14-11-13-7-5-3-4-6-8(7)19-11/h3-6,9H,1-2H3,(H,13,14)(H,16,17). The SMILES string of the molecule is CC(C)(SN=O)C(Nc1nc2ccccc2s1)C(=O)O. The number of benzene rings is 1. The Kier molecular flexibility index (Phi) is 4.24. The summed E-state index contributed by atoms with van der Waals surface area (Å²) in [6.45, 7) is 3.30. The number of nitroso groups, excluding NO2 is 1. The minimum absolute atomic E-state index is 0.512. The Morgan fingerprint density at radius 1 is 1.50 bits per heavy atom. The van der Waals surface area contributed by atoms with Gasteiger partial charge in [-0.1, -0.05) is 23.5 Å². The third kappa shape index (κ3) is 3.07. The fraction of sp³-hybridized carbons (Fsp3) is 0.333. The monoisotopic (exact) mass is 311 g/mol. The van der Waals surface area contributed by atoms with Crippen molar-refractivity contribution in [3.8, 4) is 0 Å². The molecule has 20 heavy (non-hydrogen) atoms. The van der Waals surface area contributed by atoms with E-state index in [4.69, 9.17) is 0 Å². The molecule has 2 aromatic rings. The highest BCUT2D eigenvalue weighted by Crippen LogP contribution is 2.33. The van der Waals surface area contributed by atoms with Gasteiger partial charge in [0.25, 0.3) is 0 Å². The number of nitrogens with zero attached hydrogens (tertiary/aromatic N) is 2. The van der Waals surface area contributed by atoms with Gasteiger partial charge in [-0.15, -0.1) is 4.91 Å². The molecule has 1 heterocycles. The van der Waals surface area contributed by atoms with Crippen molar-refractivity contribution in [2.45, 2.75) is 24.6 Å². The van der Waals surface area contributed by atoms with Gasteiger partial charge in [-0.25, -0.2) is 9.78 Å². The fourth-order valence-electron chi connectivity index (χ4n) is 1.74. The van der Waals surface area contributed by atoms with Gasteiger partial charge in [0.1, 0.15) is 6.04 Å². The van der Waals surface area contributed by atoms with E-state index in [9.17, 15) is 14.8 Å². The molecule has 1 aromatic carbocycles. The molecular weight excluding hydrogens is 298 g/mol. The smallest absolute Gasteiger partial charge is 0.327 e. The molecule has 0 aliphatic heterocycles. The van der Waals surface area contributed by atoms with Crippen molar-refractivity contribution in [2.24, 2.45) is 4.58 Å². The molecule has 106 valence electrons. The summed E-state index contributed by atoms with van der Waals surface area (Å²) >= 11 is 2.07. The Balaban J connectivity index is 2.28. The van der Waals surface area contributed by atoms with Crippen molar-refractivity contribution in [3.63, 3.8) is 0 Å². The predicted octanol–water partition coefficient (Wildman–Crippen LogP) is 3.35. The molecule has 0 radical (unpaired) electrons. The quantitative estimate of drug-likeness (QED) is 0.628. The highest BCUT2D eigenvalue weighted by atomic mass is 32.2. The first-order chi connectivity index (χ1) is 9.44. The third-order valence-electron chi connectivity index (χ3n) is 2.78. The number of rotatable bonds is 6. The molecule has 0 fully saturated rings. The second-order valence-corrected chi connectivity index (χ2v) is 7.09. The van der Waals surface area contributed by atoms with Crippen LogP contribution in [0.2, 0.25) is 0 Å². The minimum Gasteiger partial charge on any atom is -0.480 e. The highest BCUT2D eigenvalue weighted by molar-refractivity contribution is 7.99. The Morgan fingerprint density at radius 3 is 2.80 bits per heavy atom. The van der Waals surface area contributed by atoms with Gasteiger partial charge in [-0.3, -0.25) is 0 Å². The van der Waals surface area contributed by atoms with Gasteiger partial charge in [0.15, 0.2) is 5.13 Å². The van der Waals surface area contributed by atoms with E-state index in [1.807, 2.05) is 24.3 Å². The summed E-state index contributed by atoms with van der Waals surface area (Å²) in [6.07, 6.45) is 0.